The third-order valence-corrected chi connectivity index (χ3v) is 3.68. The molecule has 0 aromatic heterocycles. The van der Waals surface area contributed by atoms with Crippen molar-refractivity contribution in [1.29, 1.82) is 0 Å². The second-order valence-electron chi connectivity index (χ2n) is 5.85. The summed E-state index contributed by atoms with van der Waals surface area (Å²) in [5, 5.41) is 12.0. The van der Waals surface area contributed by atoms with E-state index in [0.717, 1.165) is 25.7 Å². The zero-order chi connectivity index (χ0) is 12.9. The lowest BCUT2D eigenvalue weighted by Crippen LogP contribution is -2.46. The molecular formula is C13H26N2O2. The van der Waals surface area contributed by atoms with Crippen molar-refractivity contribution in [3.05, 3.63) is 0 Å². The monoisotopic (exact) mass is 242 g/mol. The number of nitrogens with zero attached hydrogens (tertiary/aromatic N) is 1. The Hall–Kier alpha value is -0.770. The number of carbonyl (C=O) groups excluding carboxylic acids is 1. The molecule has 17 heavy (non-hydrogen) atoms. The first-order chi connectivity index (χ1) is 7.96. The first kappa shape index (κ1) is 14.3. The average molecular weight is 242 g/mol. The molecule has 2 N–H and O–H groups in total. The third kappa shape index (κ3) is 4.54. The summed E-state index contributed by atoms with van der Waals surface area (Å²) in [5.41, 5.74) is -0.0371. The van der Waals surface area contributed by atoms with Gasteiger partial charge in [0.05, 0.1) is 0 Å². The molecule has 0 aromatic rings. The topological polar surface area (TPSA) is 52.6 Å². The largest absolute Gasteiger partial charge is 0.396 e. The third-order valence-electron chi connectivity index (χ3n) is 3.68. The summed E-state index contributed by atoms with van der Waals surface area (Å²) in [5.74, 6) is 0. The normalized spacial score (nSPS) is 16.5. The summed E-state index contributed by atoms with van der Waals surface area (Å²) >= 11 is 0. The maximum absolute atomic E-state index is 11.7. The molecule has 1 aliphatic carbocycles. The molecule has 0 aromatic carbocycles. The van der Waals surface area contributed by atoms with Gasteiger partial charge in [0.15, 0.2) is 0 Å². The van der Waals surface area contributed by atoms with Crippen molar-refractivity contribution in [1.82, 2.24) is 10.2 Å². The predicted octanol–water partition coefficient (Wildman–Crippen LogP) is 1.98. The van der Waals surface area contributed by atoms with Crippen molar-refractivity contribution >= 4 is 6.03 Å². The molecule has 0 radical (unpaired) electrons. The zero-order valence-electron chi connectivity index (χ0n) is 11.3. The van der Waals surface area contributed by atoms with Gasteiger partial charge in [-0.1, -0.05) is 13.8 Å². The number of hydrogen-bond acceptors (Lipinski definition) is 2. The van der Waals surface area contributed by atoms with Crippen LogP contribution in [0.2, 0.25) is 0 Å². The number of rotatable bonds is 6. The molecule has 0 aliphatic heterocycles. The fourth-order valence-corrected chi connectivity index (χ4v) is 1.91. The minimum Gasteiger partial charge on any atom is -0.396 e. The summed E-state index contributed by atoms with van der Waals surface area (Å²) in [4.78, 5) is 13.6. The van der Waals surface area contributed by atoms with Gasteiger partial charge >= 0.3 is 6.03 Å². The molecule has 0 saturated heterocycles. The van der Waals surface area contributed by atoms with Crippen LogP contribution in [-0.4, -0.2) is 42.3 Å². The van der Waals surface area contributed by atoms with Crippen LogP contribution < -0.4 is 5.32 Å². The van der Waals surface area contributed by atoms with E-state index >= 15 is 0 Å². The molecule has 0 atom stereocenters. The lowest BCUT2D eigenvalue weighted by atomic mass is 9.89. The molecule has 1 saturated carbocycles. The Labute approximate surface area is 104 Å². The Kier molecular flexibility index (Phi) is 5.25. The minimum atomic E-state index is -0.0371. The maximum atomic E-state index is 11.7. The van der Waals surface area contributed by atoms with E-state index in [4.69, 9.17) is 5.11 Å². The van der Waals surface area contributed by atoms with Crippen LogP contribution in [0.4, 0.5) is 4.79 Å². The molecule has 1 rings (SSSR count). The van der Waals surface area contributed by atoms with E-state index in [2.05, 4.69) is 5.32 Å². The van der Waals surface area contributed by atoms with Gasteiger partial charge in [-0.3, -0.25) is 0 Å². The molecule has 2 amide bonds. The second-order valence-corrected chi connectivity index (χ2v) is 5.85. The molecule has 100 valence electrons. The highest BCUT2D eigenvalue weighted by Crippen LogP contribution is 2.23. The van der Waals surface area contributed by atoms with Gasteiger partial charge in [-0.05, 0) is 37.5 Å². The predicted molar refractivity (Wildman–Crippen MR) is 68.9 cm³/mol. The quantitative estimate of drug-likeness (QED) is 0.700. The van der Waals surface area contributed by atoms with Gasteiger partial charge in [-0.15, -0.1) is 0 Å². The van der Waals surface area contributed by atoms with Gasteiger partial charge in [0.25, 0.3) is 0 Å². The van der Waals surface area contributed by atoms with Crippen molar-refractivity contribution in [2.45, 2.75) is 52.0 Å². The molecule has 1 aliphatic rings. The molecule has 0 heterocycles. The van der Waals surface area contributed by atoms with E-state index in [0.29, 0.717) is 12.6 Å². The molecular weight excluding hydrogens is 216 g/mol. The first-order valence-corrected chi connectivity index (χ1v) is 6.58. The SMILES string of the molecule is CN(C(=O)NCCCC(C)(C)CO)C1CCC1. The molecule has 0 unspecified atom stereocenters. The van der Waals surface area contributed by atoms with Crippen molar-refractivity contribution in [3.8, 4) is 0 Å². The molecule has 0 spiro atoms. The Morgan fingerprint density at radius 1 is 1.47 bits per heavy atom. The van der Waals surface area contributed by atoms with Gasteiger partial charge in [-0.2, -0.15) is 0 Å². The summed E-state index contributed by atoms with van der Waals surface area (Å²) < 4.78 is 0. The smallest absolute Gasteiger partial charge is 0.317 e. The van der Waals surface area contributed by atoms with Crippen LogP contribution in [0.3, 0.4) is 0 Å². The van der Waals surface area contributed by atoms with Crippen molar-refractivity contribution in [2.75, 3.05) is 20.2 Å². The van der Waals surface area contributed by atoms with Gasteiger partial charge in [0.1, 0.15) is 0 Å². The number of amides is 2. The molecule has 4 nitrogen and oxygen atoms in total. The first-order valence-electron chi connectivity index (χ1n) is 6.58. The highest BCUT2D eigenvalue weighted by atomic mass is 16.3. The molecule has 4 heteroatoms. The van der Waals surface area contributed by atoms with Crippen LogP contribution in [0.25, 0.3) is 0 Å². The second kappa shape index (κ2) is 6.24. The summed E-state index contributed by atoms with van der Waals surface area (Å²) in [6.45, 7) is 4.97. The number of carbonyl (C=O) groups is 1. The van der Waals surface area contributed by atoms with Crippen LogP contribution in [0.5, 0.6) is 0 Å². The maximum Gasteiger partial charge on any atom is 0.317 e. The minimum absolute atomic E-state index is 0.0371. The number of hydrogen-bond donors (Lipinski definition) is 2. The van der Waals surface area contributed by atoms with Crippen molar-refractivity contribution in [2.24, 2.45) is 5.41 Å². The van der Waals surface area contributed by atoms with Crippen LogP contribution in [0.15, 0.2) is 0 Å². The highest BCUT2D eigenvalue weighted by molar-refractivity contribution is 5.74. The van der Waals surface area contributed by atoms with E-state index in [1.165, 1.54) is 6.42 Å². The Bertz CT molecular complexity index is 250. The van der Waals surface area contributed by atoms with Gasteiger partial charge in [0, 0.05) is 26.2 Å². The molecule has 1 fully saturated rings. The van der Waals surface area contributed by atoms with E-state index in [1.807, 2.05) is 25.8 Å². The standard InChI is InChI=1S/C13H26N2O2/c1-13(2,10-16)8-5-9-14-12(17)15(3)11-6-4-7-11/h11,16H,4-10H2,1-3H3,(H,14,17). The lowest BCUT2D eigenvalue weighted by Gasteiger charge is -2.34. The zero-order valence-corrected chi connectivity index (χ0v) is 11.3. The van der Waals surface area contributed by atoms with E-state index < -0.39 is 0 Å². The van der Waals surface area contributed by atoms with Crippen molar-refractivity contribution in [3.63, 3.8) is 0 Å². The van der Waals surface area contributed by atoms with Gasteiger partial charge in [-0.25, -0.2) is 4.79 Å². The molecule has 0 bridgehead atoms. The Balaban J connectivity index is 2.11. The number of aliphatic hydroxyl groups excluding tert-OH is 1. The summed E-state index contributed by atoms with van der Waals surface area (Å²) in [7, 11) is 1.87. The Morgan fingerprint density at radius 2 is 2.12 bits per heavy atom. The van der Waals surface area contributed by atoms with E-state index in [-0.39, 0.29) is 18.1 Å². The summed E-state index contributed by atoms with van der Waals surface area (Å²) in [6.07, 6.45) is 5.37. The fourth-order valence-electron chi connectivity index (χ4n) is 1.91. The van der Waals surface area contributed by atoms with E-state index in [9.17, 15) is 4.79 Å². The Morgan fingerprint density at radius 3 is 2.59 bits per heavy atom. The number of aliphatic hydroxyl groups is 1. The number of urea groups is 1. The van der Waals surface area contributed by atoms with Crippen LogP contribution >= 0.6 is 0 Å². The fraction of sp³-hybridized carbons (Fsp3) is 0.923. The van der Waals surface area contributed by atoms with Crippen molar-refractivity contribution < 1.29 is 9.90 Å². The number of nitrogens with one attached hydrogen (secondary N) is 1. The van der Waals surface area contributed by atoms with Crippen LogP contribution in [0, 0.1) is 5.41 Å². The van der Waals surface area contributed by atoms with E-state index in [1.54, 1.807) is 0 Å². The van der Waals surface area contributed by atoms with Crippen LogP contribution in [0.1, 0.15) is 46.0 Å². The van der Waals surface area contributed by atoms with Gasteiger partial charge in [0.2, 0.25) is 0 Å². The van der Waals surface area contributed by atoms with Crippen LogP contribution in [-0.2, 0) is 0 Å². The average Bonchev–Trinajstić information content (AvgIpc) is 2.21. The highest BCUT2D eigenvalue weighted by Gasteiger charge is 2.25. The van der Waals surface area contributed by atoms with Gasteiger partial charge < -0.3 is 15.3 Å². The lowest BCUT2D eigenvalue weighted by molar-refractivity contribution is 0.144. The summed E-state index contributed by atoms with van der Waals surface area (Å²) in [6, 6.07) is 0.486.